The molecule has 1 aromatic carbocycles. The van der Waals surface area contributed by atoms with Gasteiger partial charge in [0.2, 0.25) is 0 Å². The van der Waals surface area contributed by atoms with Crippen molar-refractivity contribution in [1.29, 1.82) is 0 Å². The van der Waals surface area contributed by atoms with Gasteiger partial charge in [-0.15, -0.1) is 6.08 Å². The van der Waals surface area contributed by atoms with E-state index in [2.05, 4.69) is 71.1 Å². The van der Waals surface area contributed by atoms with E-state index in [0.29, 0.717) is 0 Å². The SMILES string of the molecule is CCCC[P+]([B-]C(/C=C/c1ccc(C)cc1)C(=O)OC(C)(C)C)(CCCC)CCCC. The monoisotopic (exact) mass is 444 g/mol. The third-order valence-electron chi connectivity index (χ3n) is 5.60. The first-order valence-electron chi connectivity index (χ1n) is 12.3. The molecule has 4 heteroatoms. The van der Waals surface area contributed by atoms with E-state index < -0.39 is 12.7 Å². The summed E-state index contributed by atoms with van der Waals surface area (Å²) in [6, 6.07) is 8.47. The molecular formula is C27H46BO2P. The second-order valence-electron chi connectivity index (χ2n) is 9.93. The van der Waals surface area contributed by atoms with Gasteiger partial charge in [-0.2, -0.15) is 0 Å². The van der Waals surface area contributed by atoms with E-state index in [1.165, 1.54) is 62.6 Å². The summed E-state index contributed by atoms with van der Waals surface area (Å²) in [5, 5.41) is 0. The van der Waals surface area contributed by atoms with E-state index in [-0.39, 0.29) is 11.8 Å². The van der Waals surface area contributed by atoms with Gasteiger partial charge >= 0.3 is 0 Å². The Morgan fingerprint density at radius 1 is 0.968 bits per heavy atom. The smallest absolute Gasteiger partial charge is 0.275 e. The van der Waals surface area contributed by atoms with Crippen LogP contribution >= 0.6 is 7.14 Å². The molecule has 0 aromatic heterocycles. The minimum absolute atomic E-state index is 0.107. The molecule has 0 bridgehead atoms. The van der Waals surface area contributed by atoms with Crippen LogP contribution in [0.3, 0.4) is 0 Å². The van der Waals surface area contributed by atoms with Gasteiger partial charge in [-0.1, -0.05) is 88.8 Å². The molecule has 0 saturated carbocycles. The first kappa shape index (κ1) is 28.0. The highest BCUT2D eigenvalue weighted by molar-refractivity contribution is 8.00. The van der Waals surface area contributed by atoms with E-state index in [1.54, 1.807) is 0 Å². The molecule has 1 unspecified atom stereocenters. The van der Waals surface area contributed by atoms with Crippen LogP contribution in [0.15, 0.2) is 30.3 Å². The third kappa shape index (κ3) is 11.4. The molecular weight excluding hydrogens is 398 g/mol. The van der Waals surface area contributed by atoms with E-state index in [9.17, 15) is 4.79 Å². The standard InChI is InChI=1S/C27H46BO2P/c1-8-11-20-31(21-12-9-2,22-13-10-3)28-25(26(29)30-27(5,6)7)19-18-24-16-14-23(4)15-17-24/h14-19,25H,8-13,20-22H2,1-7H3/b19-18+. The van der Waals surface area contributed by atoms with Gasteiger partial charge in [-0.3, -0.25) is 4.79 Å². The maximum atomic E-state index is 13.2. The van der Waals surface area contributed by atoms with Crippen molar-refractivity contribution < 1.29 is 9.53 Å². The molecule has 1 atom stereocenters. The lowest BCUT2D eigenvalue weighted by molar-refractivity contribution is -0.153. The fourth-order valence-electron chi connectivity index (χ4n) is 3.77. The summed E-state index contributed by atoms with van der Waals surface area (Å²) >= 11 is 0. The number of hydrogen-bond acceptors (Lipinski definition) is 2. The van der Waals surface area contributed by atoms with Crippen LogP contribution in [0.2, 0.25) is 5.82 Å². The highest BCUT2D eigenvalue weighted by Crippen LogP contribution is 2.61. The Kier molecular flexibility index (Phi) is 12.8. The normalized spacial score (nSPS) is 13.5. The molecule has 0 N–H and O–H groups in total. The highest BCUT2D eigenvalue weighted by Gasteiger charge is 2.30. The van der Waals surface area contributed by atoms with Gasteiger partial charge in [-0.25, -0.2) is 7.14 Å². The Bertz CT molecular complexity index is 639. The Hall–Kier alpha value is -1.08. The lowest BCUT2D eigenvalue weighted by Crippen LogP contribution is -2.30. The zero-order valence-electron chi connectivity index (χ0n) is 21.2. The third-order valence-corrected chi connectivity index (χ3v) is 10.2. The van der Waals surface area contributed by atoms with Crippen LogP contribution in [0.25, 0.3) is 6.08 Å². The molecule has 31 heavy (non-hydrogen) atoms. The predicted molar refractivity (Wildman–Crippen MR) is 142 cm³/mol. The summed E-state index contributed by atoms with van der Waals surface area (Å²) in [7, 11) is -1.33. The van der Waals surface area contributed by atoms with E-state index in [4.69, 9.17) is 4.74 Å². The minimum atomic E-state index is -1.33. The number of rotatable bonds is 14. The van der Waals surface area contributed by atoms with Gasteiger partial charge in [0.05, 0.1) is 0 Å². The average Bonchev–Trinajstić information content (AvgIpc) is 2.71. The van der Waals surface area contributed by atoms with Gasteiger partial charge in [0.15, 0.2) is 0 Å². The summed E-state index contributed by atoms with van der Waals surface area (Å²) in [6.45, 7) is 17.3. The summed E-state index contributed by atoms with van der Waals surface area (Å²) in [5.74, 6) is -0.385. The van der Waals surface area contributed by atoms with Gasteiger partial charge in [0, 0.05) is 18.5 Å². The Labute approximate surface area is 194 Å². The molecule has 2 nitrogen and oxygen atoms in total. The molecule has 0 fully saturated rings. The summed E-state index contributed by atoms with van der Waals surface area (Å²) < 4.78 is 5.86. The number of hydrogen-bond donors (Lipinski definition) is 0. The molecule has 0 aliphatic rings. The molecule has 0 saturated heterocycles. The van der Waals surface area contributed by atoms with Gasteiger partial charge in [-0.05, 0) is 52.5 Å². The van der Waals surface area contributed by atoms with Crippen molar-refractivity contribution in [3.05, 3.63) is 41.5 Å². The fourth-order valence-corrected chi connectivity index (χ4v) is 8.63. The second-order valence-corrected chi connectivity index (χ2v) is 14.0. The van der Waals surface area contributed by atoms with Gasteiger partial charge in [0.25, 0.3) is 5.97 Å². The molecule has 0 aliphatic carbocycles. The Morgan fingerprint density at radius 3 is 1.87 bits per heavy atom. The maximum Gasteiger partial charge on any atom is 0.275 e. The minimum Gasteiger partial charge on any atom is -0.462 e. The number of carbonyl (C=O) groups excluding carboxylic acids is 1. The molecule has 2 radical (unpaired) electrons. The molecule has 1 aromatic rings. The number of carbonyl (C=O) groups is 1. The van der Waals surface area contributed by atoms with Crippen molar-refractivity contribution in [2.24, 2.45) is 0 Å². The summed E-state index contributed by atoms with van der Waals surface area (Å²) in [6.07, 6.45) is 15.4. The van der Waals surface area contributed by atoms with Crippen LogP contribution in [0, 0.1) is 6.92 Å². The van der Waals surface area contributed by atoms with Crippen molar-refractivity contribution in [2.75, 3.05) is 18.5 Å². The van der Waals surface area contributed by atoms with Crippen LogP contribution in [-0.2, 0) is 9.53 Å². The Morgan fingerprint density at radius 2 is 1.45 bits per heavy atom. The maximum absolute atomic E-state index is 13.2. The van der Waals surface area contributed by atoms with E-state index in [1.807, 2.05) is 20.8 Å². The molecule has 0 amide bonds. The average molecular weight is 444 g/mol. The van der Waals surface area contributed by atoms with E-state index in [0.717, 1.165) is 5.56 Å². The molecule has 0 spiro atoms. The van der Waals surface area contributed by atoms with Crippen molar-refractivity contribution >= 4 is 26.2 Å². The van der Waals surface area contributed by atoms with Crippen LogP contribution in [0.1, 0.15) is 91.2 Å². The molecule has 0 aliphatic heterocycles. The number of unbranched alkanes of at least 4 members (excludes halogenated alkanes) is 3. The van der Waals surface area contributed by atoms with Crippen molar-refractivity contribution in [1.82, 2.24) is 0 Å². The number of benzene rings is 1. The van der Waals surface area contributed by atoms with Crippen molar-refractivity contribution in [3.8, 4) is 0 Å². The van der Waals surface area contributed by atoms with Gasteiger partial charge in [0.1, 0.15) is 5.60 Å². The first-order chi connectivity index (χ1) is 14.6. The predicted octanol–water partition coefficient (Wildman–Crippen LogP) is 8.18. The second kappa shape index (κ2) is 14.2. The van der Waals surface area contributed by atoms with Crippen molar-refractivity contribution in [3.63, 3.8) is 0 Å². The summed E-state index contributed by atoms with van der Waals surface area (Å²) in [5.41, 5.74) is 1.90. The number of aryl methyl sites for hydroxylation is 1. The first-order valence-corrected chi connectivity index (χ1v) is 14.8. The zero-order chi connectivity index (χ0) is 23.3. The van der Waals surface area contributed by atoms with Gasteiger partial charge < -0.3 is 4.74 Å². The van der Waals surface area contributed by atoms with Crippen molar-refractivity contribution in [2.45, 2.75) is 98.4 Å². The van der Waals surface area contributed by atoms with Crippen LogP contribution in [0.5, 0.6) is 0 Å². The number of esters is 1. The molecule has 1 rings (SSSR count). The van der Waals surface area contributed by atoms with Crippen LogP contribution < -0.4 is 0 Å². The van der Waals surface area contributed by atoms with Crippen LogP contribution in [0.4, 0.5) is 0 Å². The fraction of sp³-hybridized carbons (Fsp3) is 0.667. The largest absolute Gasteiger partial charge is 0.462 e. The molecule has 0 heterocycles. The number of ether oxygens (including phenoxy) is 1. The summed E-state index contributed by atoms with van der Waals surface area (Å²) in [4.78, 5) is 13.2. The quantitative estimate of drug-likeness (QED) is 0.164. The Balaban J connectivity index is 3.22. The lowest BCUT2D eigenvalue weighted by atomic mass is 9.84. The highest BCUT2D eigenvalue weighted by atomic mass is 31.2. The van der Waals surface area contributed by atoms with E-state index >= 15 is 0 Å². The molecule has 174 valence electrons. The zero-order valence-corrected chi connectivity index (χ0v) is 22.1. The topological polar surface area (TPSA) is 26.3 Å². The van der Waals surface area contributed by atoms with Crippen LogP contribution in [-0.4, -0.2) is 37.1 Å². The lowest BCUT2D eigenvalue weighted by Gasteiger charge is -2.42.